The number of rotatable bonds is 4. The fraction of sp³-hybridized carbons (Fsp3) is 0.538. The van der Waals surface area contributed by atoms with Crippen LogP contribution in [-0.2, 0) is 4.74 Å². The standard InChI is InChI=1S/C13H18BrFN2O/c1-17(10-4-5-18-8-10)13(7-16)11-3-2-9(15)6-12(11)14/h2-3,6,10,13H,4-5,7-8,16H2,1H3. The summed E-state index contributed by atoms with van der Waals surface area (Å²) in [6, 6.07) is 5.21. The highest BCUT2D eigenvalue weighted by Gasteiger charge is 2.27. The minimum Gasteiger partial charge on any atom is -0.380 e. The van der Waals surface area contributed by atoms with Crippen molar-refractivity contribution in [3.63, 3.8) is 0 Å². The highest BCUT2D eigenvalue weighted by molar-refractivity contribution is 9.10. The summed E-state index contributed by atoms with van der Waals surface area (Å²) in [5.74, 6) is -0.242. The lowest BCUT2D eigenvalue weighted by atomic mass is 10.0. The first-order chi connectivity index (χ1) is 8.63. The predicted molar refractivity (Wildman–Crippen MR) is 72.9 cm³/mol. The quantitative estimate of drug-likeness (QED) is 0.926. The molecular formula is C13H18BrFN2O. The Morgan fingerprint density at radius 3 is 2.94 bits per heavy atom. The topological polar surface area (TPSA) is 38.5 Å². The number of likely N-dealkylation sites (N-methyl/N-ethyl adjacent to an activating group) is 1. The first-order valence-electron chi connectivity index (χ1n) is 6.08. The number of nitrogens with two attached hydrogens (primary N) is 1. The van der Waals surface area contributed by atoms with Gasteiger partial charge in [0.1, 0.15) is 5.82 Å². The Kier molecular flexibility index (Phi) is 4.72. The van der Waals surface area contributed by atoms with E-state index >= 15 is 0 Å². The van der Waals surface area contributed by atoms with Crippen LogP contribution in [0.2, 0.25) is 0 Å². The van der Waals surface area contributed by atoms with Crippen molar-refractivity contribution in [2.75, 3.05) is 26.8 Å². The van der Waals surface area contributed by atoms with Crippen molar-refractivity contribution in [2.24, 2.45) is 5.73 Å². The van der Waals surface area contributed by atoms with Gasteiger partial charge >= 0.3 is 0 Å². The molecule has 1 aliphatic rings. The smallest absolute Gasteiger partial charge is 0.124 e. The monoisotopic (exact) mass is 316 g/mol. The third-order valence-electron chi connectivity index (χ3n) is 3.52. The average molecular weight is 317 g/mol. The Labute approximate surface area is 115 Å². The second kappa shape index (κ2) is 6.10. The van der Waals surface area contributed by atoms with E-state index < -0.39 is 0 Å². The van der Waals surface area contributed by atoms with E-state index in [0.717, 1.165) is 29.7 Å². The molecule has 1 fully saturated rings. The number of hydrogen-bond donors (Lipinski definition) is 1. The highest BCUT2D eigenvalue weighted by Crippen LogP contribution is 2.29. The van der Waals surface area contributed by atoms with E-state index in [1.165, 1.54) is 12.1 Å². The van der Waals surface area contributed by atoms with E-state index in [0.29, 0.717) is 12.6 Å². The zero-order valence-electron chi connectivity index (χ0n) is 10.4. The molecule has 2 rings (SSSR count). The van der Waals surface area contributed by atoms with Gasteiger partial charge in [-0.1, -0.05) is 22.0 Å². The van der Waals surface area contributed by atoms with E-state index in [1.807, 2.05) is 7.05 Å². The summed E-state index contributed by atoms with van der Waals surface area (Å²) < 4.78 is 19.3. The van der Waals surface area contributed by atoms with Gasteiger partial charge in [0.15, 0.2) is 0 Å². The molecule has 0 spiro atoms. The molecule has 100 valence electrons. The molecule has 1 aliphatic heterocycles. The number of nitrogens with zero attached hydrogens (tertiary/aromatic N) is 1. The maximum absolute atomic E-state index is 13.1. The minimum absolute atomic E-state index is 0.0756. The molecule has 2 unspecified atom stereocenters. The van der Waals surface area contributed by atoms with Crippen LogP contribution in [0.3, 0.4) is 0 Å². The molecule has 1 aromatic rings. The summed E-state index contributed by atoms with van der Waals surface area (Å²) >= 11 is 3.41. The Morgan fingerprint density at radius 2 is 2.39 bits per heavy atom. The molecule has 1 aromatic carbocycles. The van der Waals surface area contributed by atoms with Crippen molar-refractivity contribution in [3.8, 4) is 0 Å². The highest BCUT2D eigenvalue weighted by atomic mass is 79.9. The molecule has 1 saturated heterocycles. The largest absolute Gasteiger partial charge is 0.380 e. The molecular weight excluding hydrogens is 299 g/mol. The average Bonchev–Trinajstić information content (AvgIpc) is 2.86. The second-order valence-corrected chi connectivity index (χ2v) is 5.45. The third kappa shape index (κ3) is 2.91. The Bertz CT molecular complexity index is 410. The minimum atomic E-state index is -0.242. The normalized spacial score (nSPS) is 21.5. The third-order valence-corrected chi connectivity index (χ3v) is 4.20. The van der Waals surface area contributed by atoms with Gasteiger partial charge in [-0.3, -0.25) is 4.90 Å². The molecule has 0 amide bonds. The van der Waals surface area contributed by atoms with Crippen LogP contribution >= 0.6 is 15.9 Å². The molecule has 2 N–H and O–H groups in total. The zero-order chi connectivity index (χ0) is 13.1. The summed E-state index contributed by atoms with van der Waals surface area (Å²) in [5.41, 5.74) is 6.90. The van der Waals surface area contributed by atoms with E-state index in [-0.39, 0.29) is 11.9 Å². The first-order valence-corrected chi connectivity index (χ1v) is 6.87. The van der Waals surface area contributed by atoms with Gasteiger partial charge in [0.2, 0.25) is 0 Å². The zero-order valence-corrected chi connectivity index (χ0v) is 12.0. The molecule has 18 heavy (non-hydrogen) atoms. The van der Waals surface area contributed by atoms with Gasteiger partial charge < -0.3 is 10.5 Å². The van der Waals surface area contributed by atoms with Crippen molar-refractivity contribution in [3.05, 3.63) is 34.1 Å². The van der Waals surface area contributed by atoms with Gasteiger partial charge in [-0.25, -0.2) is 4.39 Å². The number of ether oxygens (including phenoxy) is 1. The Hall–Kier alpha value is -0.490. The van der Waals surface area contributed by atoms with E-state index in [9.17, 15) is 4.39 Å². The first kappa shape index (κ1) is 13.9. The maximum atomic E-state index is 13.1. The second-order valence-electron chi connectivity index (χ2n) is 4.60. The summed E-state index contributed by atoms with van der Waals surface area (Å²) in [5, 5.41) is 0. The van der Waals surface area contributed by atoms with Crippen LogP contribution < -0.4 is 5.73 Å². The fourth-order valence-corrected chi connectivity index (χ4v) is 3.00. The number of hydrogen-bond acceptors (Lipinski definition) is 3. The van der Waals surface area contributed by atoms with E-state index in [2.05, 4.69) is 20.8 Å². The summed E-state index contributed by atoms with van der Waals surface area (Å²) in [4.78, 5) is 2.23. The lowest BCUT2D eigenvalue weighted by Crippen LogP contribution is -2.39. The lowest BCUT2D eigenvalue weighted by Gasteiger charge is -2.32. The van der Waals surface area contributed by atoms with Gasteiger partial charge in [0.05, 0.1) is 6.61 Å². The van der Waals surface area contributed by atoms with Crippen molar-refractivity contribution >= 4 is 15.9 Å². The predicted octanol–water partition coefficient (Wildman–Crippen LogP) is 2.31. The number of halogens is 2. The summed E-state index contributed by atoms with van der Waals surface area (Å²) in [6.07, 6.45) is 1.02. The van der Waals surface area contributed by atoms with Gasteiger partial charge in [0, 0.05) is 29.7 Å². The fourth-order valence-electron chi connectivity index (χ4n) is 2.38. The molecule has 0 aliphatic carbocycles. The van der Waals surface area contributed by atoms with Crippen LogP contribution in [-0.4, -0.2) is 37.7 Å². The molecule has 0 aromatic heterocycles. The van der Waals surface area contributed by atoms with Crippen LogP contribution in [0.15, 0.2) is 22.7 Å². The molecule has 0 bridgehead atoms. The molecule has 0 saturated carbocycles. The van der Waals surface area contributed by atoms with Crippen LogP contribution in [0.5, 0.6) is 0 Å². The molecule has 5 heteroatoms. The molecule has 3 nitrogen and oxygen atoms in total. The summed E-state index contributed by atoms with van der Waals surface area (Å²) in [7, 11) is 2.05. The van der Waals surface area contributed by atoms with Gasteiger partial charge in [-0.15, -0.1) is 0 Å². The summed E-state index contributed by atoms with van der Waals surface area (Å²) in [6.45, 7) is 2.04. The van der Waals surface area contributed by atoms with Gasteiger partial charge in [0.25, 0.3) is 0 Å². The lowest BCUT2D eigenvalue weighted by molar-refractivity contribution is 0.134. The van der Waals surface area contributed by atoms with Crippen LogP contribution in [0.4, 0.5) is 4.39 Å². The van der Waals surface area contributed by atoms with E-state index in [1.54, 1.807) is 6.07 Å². The molecule has 1 heterocycles. The van der Waals surface area contributed by atoms with Crippen LogP contribution in [0, 0.1) is 5.82 Å². The van der Waals surface area contributed by atoms with Crippen molar-refractivity contribution < 1.29 is 9.13 Å². The Morgan fingerprint density at radius 1 is 1.61 bits per heavy atom. The molecule has 0 radical (unpaired) electrons. The van der Waals surface area contributed by atoms with Crippen molar-refractivity contribution in [1.82, 2.24) is 4.90 Å². The van der Waals surface area contributed by atoms with Crippen molar-refractivity contribution in [1.29, 1.82) is 0 Å². The van der Waals surface area contributed by atoms with Gasteiger partial charge in [-0.2, -0.15) is 0 Å². The van der Waals surface area contributed by atoms with Crippen LogP contribution in [0.25, 0.3) is 0 Å². The SMILES string of the molecule is CN(C1CCOC1)C(CN)c1ccc(F)cc1Br. The number of benzene rings is 1. The Balaban J connectivity index is 2.21. The maximum Gasteiger partial charge on any atom is 0.124 e. The van der Waals surface area contributed by atoms with Crippen molar-refractivity contribution in [2.45, 2.75) is 18.5 Å². The molecule has 2 atom stereocenters. The van der Waals surface area contributed by atoms with Gasteiger partial charge in [-0.05, 0) is 31.2 Å². The van der Waals surface area contributed by atoms with E-state index in [4.69, 9.17) is 10.5 Å². The van der Waals surface area contributed by atoms with Crippen LogP contribution in [0.1, 0.15) is 18.0 Å².